The minimum absolute atomic E-state index is 0.211. The lowest BCUT2D eigenvalue weighted by molar-refractivity contribution is 0.459. The summed E-state index contributed by atoms with van der Waals surface area (Å²) in [5, 5.41) is 13.8. The van der Waals surface area contributed by atoms with Gasteiger partial charge in [0.05, 0.1) is 5.75 Å². The molecule has 0 unspecified atom stereocenters. The first-order valence-corrected chi connectivity index (χ1v) is 7.60. The molecule has 0 fully saturated rings. The van der Waals surface area contributed by atoms with Crippen LogP contribution in [0.3, 0.4) is 0 Å². The third-order valence-electron chi connectivity index (χ3n) is 2.44. The molecule has 0 atom stereocenters. The van der Waals surface area contributed by atoms with Crippen LogP contribution in [0.25, 0.3) is 0 Å². The minimum Gasteiger partial charge on any atom is -0.439 e. The molecule has 8 heteroatoms. The summed E-state index contributed by atoms with van der Waals surface area (Å²) in [5.74, 6) is 0.904. The molecule has 2 N–H and O–H groups in total. The van der Waals surface area contributed by atoms with Crippen LogP contribution < -0.4 is 9.88 Å². The Labute approximate surface area is 122 Å². The van der Waals surface area contributed by atoms with Gasteiger partial charge in [-0.15, -0.1) is 0 Å². The van der Waals surface area contributed by atoms with Gasteiger partial charge in [-0.05, 0) is 24.6 Å². The van der Waals surface area contributed by atoms with Crippen molar-refractivity contribution in [3.05, 3.63) is 47.4 Å². The lowest BCUT2D eigenvalue weighted by atomic mass is 10.2. The van der Waals surface area contributed by atoms with Gasteiger partial charge in [-0.25, -0.2) is 18.5 Å². The maximum absolute atomic E-state index is 11.0. The molecule has 0 aliphatic carbocycles. The zero-order chi connectivity index (χ0) is 15.5. The van der Waals surface area contributed by atoms with Gasteiger partial charge in [0.15, 0.2) is 0 Å². The fourth-order valence-corrected chi connectivity index (χ4v) is 2.31. The number of ether oxygens (including phenoxy) is 1. The van der Waals surface area contributed by atoms with Crippen molar-refractivity contribution in [3.63, 3.8) is 0 Å². The minimum atomic E-state index is -3.56. The summed E-state index contributed by atoms with van der Waals surface area (Å²) < 4.78 is 27.5. The van der Waals surface area contributed by atoms with Crippen LogP contribution in [0.2, 0.25) is 0 Å². The van der Waals surface area contributed by atoms with E-state index in [4.69, 9.17) is 15.1 Å². The van der Waals surface area contributed by atoms with Crippen molar-refractivity contribution in [2.75, 3.05) is 0 Å². The fourth-order valence-electron chi connectivity index (χ4n) is 1.66. The number of sulfonamides is 1. The topological polar surface area (TPSA) is 119 Å². The summed E-state index contributed by atoms with van der Waals surface area (Å²) in [5.41, 5.74) is 0.768. The number of nitrogens with zero attached hydrogens (tertiary/aromatic N) is 3. The van der Waals surface area contributed by atoms with Crippen LogP contribution in [0.5, 0.6) is 11.6 Å². The molecule has 0 amide bonds. The predicted octanol–water partition coefficient (Wildman–Crippen LogP) is 1.24. The quantitative estimate of drug-likeness (QED) is 0.907. The highest BCUT2D eigenvalue weighted by Crippen LogP contribution is 2.21. The van der Waals surface area contributed by atoms with E-state index in [1.165, 1.54) is 6.07 Å². The number of aryl methyl sites for hydroxylation is 1. The van der Waals surface area contributed by atoms with Gasteiger partial charge in [-0.3, -0.25) is 0 Å². The molecule has 1 aromatic carbocycles. The molecule has 7 nitrogen and oxygen atoms in total. The number of hydrogen-bond acceptors (Lipinski definition) is 6. The zero-order valence-electron chi connectivity index (χ0n) is 11.1. The van der Waals surface area contributed by atoms with E-state index in [-0.39, 0.29) is 17.3 Å². The van der Waals surface area contributed by atoms with Crippen molar-refractivity contribution < 1.29 is 13.2 Å². The van der Waals surface area contributed by atoms with E-state index in [1.807, 2.05) is 6.07 Å². The lowest BCUT2D eigenvalue weighted by Gasteiger charge is -2.06. The van der Waals surface area contributed by atoms with Gasteiger partial charge in [-0.2, -0.15) is 10.2 Å². The second kappa shape index (κ2) is 5.87. The largest absolute Gasteiger partial charge is 0.439 e. The molecule has 0 aliphatic heterocycles. The Bertz CT molecular complexity index is 795. The first-order chi connectivity index (χ1) is 9.85. The first-order valence-electron chi connectivity index (χ1n) is 5.89. The monoisotopic (exact) mass is 304 g/mol. The third kappa shape index (κ3) is 4.52. The van der Waals surface area contributed by atoms with Crippen molar-refractivity contribution >= 4 is 10.0 Å². The molecule has 0 radical (unpaired) electrons. The number of nitriles is 1. The summed E-state index contributed by atoms with van der Waals surface area (Å²) in [6.45, 7) is 1.66. The third-order valence-corrected chi connectivity index (χ3v) is 3.18. The zero-order valence-corrected chi connectivity index (χ0v) is 12.0. The Morgan fingerprint density at radius 3 is 2.52 bits per heavy atom. The van der Waals surface area contributed by atoms with Crippen LogP contribution in [0.15, 0.2) is 30.3 Å². The number of hydrogen-bond donors (Lipinski definition) is 1. The number of benzene rings is 1. The van der Waals surface area contributed by atoms with Crippen molar-refractivity contribution in [1.82, 2.24) is 9.97 Å². The summed E-state index contributed by atoms with van der Waals surface area (Å²) in [7, 11) is -3.56. The highest BCUT2D eigenvalue weighted by molar-refractivity contribution is 7.88. The van der Waals surface area contributed by atoms with Gasteiger partial charge in [0.25, 0.3) is 0 Å². The number of primary sulfonamides is 1. The Morgan fingerprint density at radius 2 is 1.95 bits per heavy atom. The average Bonchev–Trinajstić information content (AvgIpc) is 2.38. The van der Waals surface area contributed by atoms with Gasteiger partial charge in [-0.1, -0.05) is 12.1 Å². The Kier molecular flexibility index (Phi) is 4.16. The number of rotatable bonds is 4. The summed E-state index contributed by atoms with van der Waals surface area (Å²) in [6.07, 6.45) is 0. The Balaban J connectivity index is 2.17. The van der Waals surface area contributed by atoms with Crippen LogP contribution in [0, 0.1) is 18.3 Å². The Morgan fingerprint density at radius 1 is 1.29 bits per heavy atom. The van der Waals surface area contributed by atoms with Crippen molar-refractivity contribution in [2.24, 2.45) is 5.14 Å². The fraction of sp³-hybridized carbons (Fsp3) is 0.154. The van der Waals surface area contributed by atoms with Crippen molar-refractivity contribution in [3.8, 4) is 17.7 Å². The van der Waals surface area contributed by atoms with E-state index in [2.05, 4.69) is 9.97 Å². The molecule has 1 aromatic heterocycles. The van der Waals surface area contributed by atoms with Crippen LogP contribution in [-0.2, 0) is 15.8 Å². The molecule has 0 bridgehead atoms. The van der Waals surface area contributed by atoms with Crippen LogP contribution in [-0.4, -0.2) is 18.4 Å². The van der Waals surface area contributed by atoms with Crippen LogP contribution >= 0.6 is 0 Å². The second-order valence-corrected chi connectivity index (χ2v) is 5.92. The summed E-state index contributed by atoms with van der Waals surface area (Å²) in [4.78, 5) is 7.97. The molecule has 2 aromatic rings. The molecule has 0 saturated carbocycles. The van der Waals surface area contributed by atoms with Gasteiger partial charge >= 0.3 is 0 Å². The molecule has 0 aliphatic rings. The van der Waals surface area contributed by atoms with Crippen LogP contribution in [0.4, 0.5) is 0 Å². The van der Waals surface area contributed by atoms with E-state index in [0.29, 0.717) is 17.1 Å². The summed E-state index contributed by atoms with van der Waals surface area (Å²) in [6, 6.07) is 9.73. The lowest BCUT2D eigenvalue weighted by Crippen LogP contribution is -2.14. The highest BCUT2D eigenvalue weighted by atomic mass is 32.2. The van der Waals surface area contributed by atoms with Crippen molar-refractivity contribution in [1.29, 1.82) is 5.26 Å². The maximum atomic E-state index is 11.0. The average molecular weight is 304 g/mol. The van der Waals surface area contributed by atoms with Gasteiger partial charge in [0.1, 0.15) is 23.3 Å². The molecule has 1 heterocycles. The predicted molar refractivity (Wildman–Crippen MR) is 74.8 cm³/mol. The molecular weight excluding hydrogens is 292 g/mol. The summed E-state index contributed by atoms with van der Waals surface area (Å²) >= 11 is 0. The molecule has 108 valence electrons. The van der Waals surface area contributed by atoms with Gasteiger partial charge < -0.3 is 4.74 Å². The highest BCUT2D eigenvalue weighted by Gasteiger charge is 2.07. The maximum Gasteiger partial charge on any atom is 0.223 e. The number of nitrogens with two attached hydrogens (primary N) is 1. The first kappa shape index (κ1) is 14.9. The SMILES string of the molecule is Cc1nc(C#N)cc(Oc2ccc(CS(N)(=O)=O)cc2)n1. The molecule has 0 saturated heterocycles. The number of aromatic nitrogens is 2. The van der Waals surface area contributed by atoms with E-state index < -0.39 is 10.0 Å². The van der Waals surface area contributed by atoms with Gasteiger partial charge in [0.2, 0.25) is 15.9 Å². The standard InChI is InChI=1S/C13H12N4O3S/c1-9-16-11(7-14)6-13(17-9)20-12-4-2-10(3-5-12)8-21(15,18)19/h2-6H,8H2,1H3,(H2,15,18,19). The normalized spacial score (nSPS) is 10.9. The van der Waals surface area contributed by atoms with Crippen molar-refractivity contribution in [2.45, 2.75) is 12.7 Å². The van der Waals surface area contributed by atoms with Crippen LogP contribution in [0.1, 0.15) is 17.1 Å². The van der Waals surface area contributed by atoms with E-state index in [0.717, 1.165) is 0 Å². The smallest absolute Gasteiger partial charge is 0.223 e. The molecular formula is C13H12N4O3S. The van der Waals surface area contributed by atoms with Gasteiger partial charge in [0, 0.05) is 6.07 Å². The van der Waals surface area contributed by atoms with E-state index in [9.17, 15) is 8.42 Å². The molecule has 0 spiro atoms. The molecule has 21 heavy (non-hydrogen) atoms. The second-order valence-electron chi connectivity index (χ2n) is 4.30. The Hall–Kier alpha value is -2.50. The molecule has 2 rings (SSSR count). The van der Waals surface area contributed by atoms with E-state index >= 15 is 0 Å². The van der Waals surface area contributed by atoms with E-state index in [1.54, 1.807) is 31.2 Å².